The van der Waals surface area contributed by atoms with E-state index in [0.29, 0.717) is 6.42 Å². The maximum Gasteiger partial charge on any atom is 0.139 e. The Kier molecular flexibility index (Phi) is 3.93. The van der Waals surface area contributed by atoms with Crippen molar-refractivity contribution in [3.8, 4) is 0 Å². The van der Waals surface area contributed by atoms with Crippen LogP contribution in [0.1, 0.15) is 40.0 Å². The van der Waals surface area contributed by atoms with E-state index in [-0.39, 0.29) is 11.2 Å². The van der Waals surface area contributed by atoms with Gasteiger partial charge >= 0.3 is 0 Å². The minimum absolute atomic E-state index is 0.0907. The Morgan fingerprint density at radius 1 is 1.33 bits per heavy atom. The molecule has 0 saturated heterocycles. The zero-order valence-electron chi connectivity index (χ0n) is 7.85. The van der Waals surface area contributed by atoms with Crippen LogP contribution in [0.2, 0.25) is 0 Å². The van der Waals surface area contributed by atoms with Crippen molar-refractivity contribution < 1.29 is 14.7 Å². The van der Waals surface area contributed by atoms with E-state index >= 15 is 0 Å². The summed E-state index contributed by atoms with van der Waals surface area (Å²) in [4.78, 5) is 21.1. The molecular weight excluding hydrogens is 156 g/mol. The van der Waals surface area contributed by atoms with Gasteiger partial charge in [-0.25, -0.2) is 0 Å². The largest absolute Gasteiger partial charge is 0.550 e. The van der Waals surface area contributed by atoms with Gasteiger partial charge in [0, 0.05) is 18.8 Å². The predicted octanol–water partition coefficient (Wildman–Crippen LogP) is 0.522. The molecule has 0 rings (SSSR count). The van der Waals surface area contributed by atoms with E-state index in [9.17, 15) is 14.7 Å². The molecule has 70 valence electrons. The summed E-state index contributed by atoms with van der Waals surface area (Å²) in [6, 6.07) is 0. The number of aliphatic carboxylic acids is 1. The molecule has 3 nitrogen and oxygen atoms in total. The van der Waals surface area contributed by atoms with Crippen molar-refractivity contribution in [2.45, 2.75) is 40.0 Å². The maximum atomic E-state index is 11.0. The summed E-state index contributed by atoms with van der Waals surface area (Å²) in [6.07, 6.45) is 0.729. The third-order valence-electron chi connectivity index (χ3n) is 1.97. The van der Waals surface area contributed by atoms with Crippen LogP contribution in [0.15, 0.2) is 0 Å². The lowest BCUT2D eigenvalue weighted by molar-refractivity contribution is -0.304. The third-order valence-corrected chi connectivity index (χ3v) is 1.97. The molecule has 0 aliphatic carbocycles. The minimum atomic E-state index is -1.29. The van der Waals surface area contributed by atoms with Crippen molar-refractivity contribution in [1.82, 2.24) is 0 Å². The van der Waals surface area contributed by atoms with E-state index in [1.54, 1.807) is 0 Å². The van der Waals surface area contributed by atoms with E-state index < -0.39 is 12.4 Å². The molecule has 0 amide bonds. The average molecular weight is 171 g/mol. The summed E-state index contributed by atoms with van der Waals surface area (Å²) in [5.41, 5.74) is -0.0907. The molecule has 0 spiro atoms. The highest BCUT2D eigenvalue weighted by molar-refractivity contribution is 5.94. The predicted molar refractivity (Wildman–Crippen MR) is 43.3 cm³/mol. The quantitative estimate of drug-likeness (QED) is 0.567. The molecule has 0 saturated carbocycles. The van der Waals surface area contributed by atoms with Crippen molar-refractivity contribution >= 4 is 11.8 Å². The molecule has 0 atom stereocenters. The Morgan fingerprint density at radius 2 is 1.83 bits per heavy atom. The molecule has 0 N–H and O–H groups in total. The van der Waals surface area contributed by atoms with Gasteiger partial charge in [0.1, 0.15) is 5.78 Å². The summed E-state index contributed by atoms with van der Waals surface area (Å²) < 4.78 is 0. The molecule has 0 aromatic carbocycles. The summed E-state index contributed by atoms with van der Waals surface area (Å²) in [5, 5.41) is 10.1. The molecule has 0 radical (unpaired) electrons. The summed E-state index contributed by atoms with van der Waals surface area (Å²) in [6.45, 7) is 5.87. The van der Waals surface area contributed by atoms with Crippen LogP contribution in [-0.2, 0) is 9.59 Å². The van der Waals surface area contributed by atoms with Gasteiger partial charge in [-0.1, -0.05) is 27.2 Å². The molecule has 0 aliphatic rings. The lowest BCUT2D eigenvalue weighted by atomic mass is 9.84. The second kappa shape index (κ2) is 4.24. The molecule has 0 fully saturated rings. The van der Waals surface area contributed by atoms with Gasteiger partial charge in [-0.2, -0.15) is 0 Å². The molecular formula is C9H15O3-. The number of carbonyl (C=O) groups is 2. The fraction of sp³-hybridized carbons (Fsp3) is 0.778. The molecule has 12 heavy (non-hydrogen) atoms. The number of carbonyl (C=O) groups excluding carboxylic acids is 2. The smallest absolute Gasteiger partial charge is 0.139 e. The monoisotopic (exact) mass is 171 g/mol. The first-order chi connectivity index (χ1) is 5.37. The van der Waals surface area contributed by atoms with E-state index in [1.807, 2.05) is 20.8 Å². The van der Waals surface area contributed by atoms with E-state index in [0.717, 1.165) is 6.42 Å². The zero-order valence-corrected chi connectivity index (χ0v) is 7.85. The molecule has 0 aromatic rings. The van der Waals surface area contributed by atoms with Crippen molar-refractivity contribution in [2.75, 3.05) is 0 Å². The van der Waals surface area contributed by atoms with Gasteiger partial charge in [0.2, 0.25) is 0 Å². The topological polar surface area (TPSA) is 57.2 Å². The third kappa shape index (κ3) is 4.88. The molecule has 0 unspecified atom stereocenters. The minimum Gasteiger partial charge on any atom is -0.550 e. The Labute approximate surface area is 72.8 Å². The normalized spacial score (nSPS) is 11.2. The van der Waals surface area contributed by atoms with Crippen LogP contribution in [0.4, 0.5) is 0 Å². The zero-order chi connectivity index (χ0) is 9.78. The Bertz CT molecular complexity index is 182. The lowest BCUT2D eigenvalue weighted by Crippen LogP contribution is -2.27. The summed E-state index contributed by atoms with van der Waals surface area (Å²) in [5.74, 6) is -1.53. The van der Waals surface area contributed by atoms with Crippen LogP contribution in [0, 0.1) is 5.41 Å². The molecule has 0 aliphatic heterocycles. The first-order valence-electron chi connectivity index (χ1n) is 4.09. The fourth-order valence-corrected chi connectivity index (χ4v) is 0.882. The highest BCUT2D eigenvalue weighted by Crippen LogP contribution is 2.24. The van der Waals surface area contributed by atoms with Crippen molar-refractivity contribution in [2.24, 2.45) is 5.41 Å². The highest BCUT2D eigenvalue weighted by Gasteiger charge is 2.19. The van der Waals surface area contributed by atoms with Crippen LogP contribution >= 0.6 is 0 Å². The SMILES string of the molecule is CCC(C)(C)CC(=O)CC(=O)[O-]. The number of carboxylic acid groups (broad SMARTS) is 1. The van der Waals surface area contributed by atoms with E-state index in [4.69, 9.17) is 0 Å². The molecule has 0 bridgehead atoms. The highest BCUT2D eigenvalue weighted by atomic mass is 16.4. The standard InChI is InChI=1S/C9H16O3/c1-4-9(2,3)6-7(10)5-8(11)12/h4-6H2,1-3H3,(H,11,12)/p-1. The number of rotatable bonds is 5. The van der Waals surface area contributed by atoms with Crippen LogP contribution in [-0.4, -0.2) is 11.8 Å². The molecule has 0 aromatic heterocycles. The van der Waals surface area contributed by atoms with Crippen molar-refractivity contribution in [1.29, 1.82) is 0 Å². The summed E-state index contributed by atoms with van der Waals surface area (Å²) in [7, 11) is 0. The van der Waals surface area contributed by atoms with Crippen molar-refractivity contribution in [3.05, 3.63) is 0 Å². The van der Waals surface area contributed by atoms with Crippen LogP contribution in [0.25, 0.3) is 0 Å². The Morgan fingerprint density at radius 3 is 2.17 bits per heavy atom. The van der Waals surface area contributed by atoms with Crippen LogP contribution in [0.3, 0.4) is 0 Å². The van der Waals surface area contributed by atoms with Gasteiger partial charge in [-0.05, 0) is 5.41 Å². The molecule has 0 heterocycles. The van der Waals surface area contributed by atoms with Crippen LogP contribution < -0.4 is 5.11 Å². The maximum absolute atomic E-state index is 11.0. The first kappa shape index (κ1) is 11.1. The fourth-order valence-electron chi connectivity index (χ4n) is 0.882. The second-order valence-corrected chi connectivity index (χ2v) is 3.78. The molecule has 3 heteroatoms. The van der Waals surface area contributed by atoms with E-state index in [1.165, 1.54) is 0 Å². The number of hydrogen-bond acceptors (Lipinski definition) is 3. The van der Waals surface area contributed by atoms with Gasteiger partial charge in [0.05, 0.1) is 0 Å². The Balaban J connectivity index is 3.92. The first-order valence-corrected chi connectivity index (χ1v) is 4.09. The number of Topliss-reactive ketones (excluding diaryl/α,β-unsaturated/α-hetero) is 1. The van der Waals surface area contributed by atoms with Crippen LogP contribution in [0.5, 0.6) is 0 Å². The number of carboxylic acids is 1. The second-order valence-electron chi connectivity index (χ2n) is 3.78. The lowest BCUT2D eigenvalue weighted by Gasteiger charge is -2.21. The van der Waals surface area contributed by atoms with Gasteiger partial charge in [0.25, 0.3) is 0 Å². The van der Waals surface area contributed by atoms with Gasteiger partial charge in [-0.15, -0.1) is 0 Å². The Hall–Kier alpha value is -0.860. The van der Waals surface area contributed by atoms with Crippen molar-refractivity contribution in [3.63, 3.8) is 0 Å². The van der Waals surface area contributed by atoms with Gasteiger partial charge < -0.3 is 9.90 Å². The van der Waals surface area contributed by atoms with Gasteiger partial charge in [0.15, 0.2) is 0 Å². The van der Waals surface area contributed by atoms with Gasteiger partial charge in [-0.3, -0.25) is 4.79 Å². The number of hydrogen-bond donors (Lipinski definition) is 0. The number of ketones is 1. The van der Waals surface area contributed by atoms with E-state index in [2.05, 4.69) is 0 Å². The average Bonchev–Trinajstić information content (AvgIpc) is 1.84. The summed E-state index contributed by atoms with van der Waals surface area (Å²) >= 11 is 0.